The van der Waals surface area contributed by atoms with Gasteiger partial charge in [0.15, 0.2) is 11.8 Å². The molecule has 8 nitrogen and oxygen atoms in total. The number of benzene rings is 3. The van der Waals surface area contributed by atoms with Gasteiger partial charge in [-0.15, -0.1) is 0 Å². The summed E-state index contributed by atoms with van der Waals surface area (Å²) in [6.07, 6.45) is 3.89. The van der Waals surface area contributed by atoms with Crippen molar-refractivity contribution in [1.29, 1.82) is 0 Å². The molecule has 0 saturated heterocycles. The number of nitrogens with zero attached hydrogens (tertiary/aromatic N) is 2. The van der Waals surface area contributed by atoms with Crippen molar-refractivity contribution in [2.45, 2.75) is 44.9 Å². The number of carbonyl (C=O) groups is 2. The van der Waals surface area contributed by atoms with E-state index in [0.717, 1.165) is 37.9 Å². The highest BCUT2D eigenvalue weighted by molar-refractivity contribution is 6.07. The molecule has 0 fully saturated rings. The number of carboxylic acids is 1. The SMILES string of the molecule is O=C(N[C@@H](COCc1cc(CCCCCn2c3ccccc3c3ccccc32)no1)C(=O)O)c1ccccc1. The maximum Gasteiger partial charge on any atom is 0.328 e. The molecule has 0 aliphatic rings. The maximum absolute atomic E-state index is 12.3. The molecular formula is C31H31N3O5. The highest BCUT2D eigenvalue weighted by Crippen LogP contribution is 2.29. The topological polar surface area (TPSA) is 107 Å². The van der Waals surface area contributed by atoms with Gasteiger partial charge in [-0.1, -0.05) is 66.2 Å². The number of aromatic nitrogens is 2. The van der Waals surface area contributed by atoms with Crippen LogP contribution in [0.5, 0.6) is 0 Å². The van der Waals surface area contributed by atoms with Gasteiger partial charge in [0, 0.05) is 40.0 Å². The number of unbranched alkanes of at least 4 members (excludes halogenated alkanes) is 2. The molecule has 1 atom stereocenters. The number of hydrogen-bond donors (Lipinski definition) is 2. The Labute approximate surface area is 226 Å². The molecule has 0 aliphatic heterocycles. The molecule has 0 radical (unpaired) electrons. The van der Waals surface area contributed by atoms with E-state index < -0.39 is 17.9 Å². The number of carboxylic acid groups (broad SMARTS) is 1. The number of nitrogens with one attached hydrogen (secondary N) is 1. The summed E-state index contributed by atoms with van der Waals surface area (Å²) >= 11 is 0. The van der Waals surface area contributed by atoms with Crippen molar-refractivity contribution >= 4 is 33.7 Å². The van der Waals surface area contributed by atoms with Crippen LogP contribution in [-0.2, 0) is 29.1 Å². The van der Waals surface area contributed by atoms with Gasteiger partial charge < -0.3 is 24.3 Å². The Hall–Kier alpha value is -4.43. The minimum atomic E-state index is -1.17. The molecule has 1 amide bonds. The molecular weight excluding hydrogens is 494 g/mol. The Morgan fingerprint density at radius 2 is 1.56 bits per heavy atom. The number of amides is 1. The van der Waals surface area contributed by atoms with Crippen molar-refractivity contribution in [2.24, 2.45) is 0 Å². The fraction of sp³-hybridized carbons (Fsp3) is 0.258. The number of aryl methyl sites for hydroxylation is 2. The van der Waals surface area contributed by atoms with E-state index in [9.17, 15) is 14.7 Å². The standard InChI is InChI=1S/C31H31N3O5/c35-30(22-11-3-1-4-12-22)32-27(31(36)37)21-38-20-24-19-23(33-39-24)13-5-2-10-18-34-28-16-8-6-14-25(28)26-15-7-9-17-29(26)34/h1,3-4,6-9,11-12,14-17,19,27H,2,5,10,13,18,20-21H2,(H,32,35)(H,36,37)/t27-/m0/s1. The molecule has 2 heterocycles. The fourth-order valence-corrected chi connectivity index (χ4v) is 4.82. The Balaban J connectivity index is 1.06. The molecule has 200 valence electrons. The monoisotopic (exact) mass is 525 g/mol. The van der Waals surface area contributed by atoms with Crippen LogP contribution in [0.25, 0.3) is 21.8 Å². The predicted molar refractivity (Wildman–Crippen MR) is 148 cm³/mol. The number of ether oxygens (including phenoxy) is 1. The van der Waals surface area contributed by atoms with E-state index in [2.05, 4.69) is 63.6 Å². The van der Waals surface area contributed by atoms with Crippen molar-refractivity contribution in [3.8, 4) is 0 Å². The summed E-state index contributed by atoms with van der Waals surface area (Å²) in [4.78, 5) is 23.8. The van der Waals surface area contributed by atoms with E-state index in [0.29, 0.717) is 11.3 Å². The molecule has 2 aromatic heterocycles. The zero-order chi connectivity index (χ0) is 27.0. The zero-order valence-electron chi connectivity index (χ0n) is 21.6. The van der Waals surface area contributed by atoms with Crippen LogP contribution in [0.1, 0.15) is 41.1 Å². The quantitative estimate of drug-likeness (QED) is 0.194. The second-order valence-corrected chi connectivity index (χ2v) is 9.53. The summed E-state index contributed by atoms with van der Waals surface area (Å²) in [6.45, 7) is 0.843. The average Bonchev–Trinajstić information content (AvgIpc) is 3.55. The lowest BCUT2D eigenvalue weighted by Crippen LogP contribution is -2.44. The number of hydrogen-bond acceptors (Lipinski definition) is 5. The van der Waals surface area contributed by atoms with Crippen molar-refractivity contribution in [2.75, 3.05) is 6.61 Å². The normalized spacial score (nSPS) is 12.1. The highest BCUT2D eigenvalue weighted by atomic mass is 16.5. The van der Waals surface area contributed by atoms with Crippen LogP contribution < -0.4 is 5.32 Å². The second kappa shape index (κ2) is 12.4. The second-order valence-electron chi connectivity index (χ2n) is 9.53. The van der Waals surface area contributed by atoms with Crippen molar-refractivity contribution < 1.29 is 24.0 Å². The summed E-state index contributed by atoms with van der Waals surface area (Å²) < 4.78 is 13.3. The van der Waals surface area contributed by atoms with Gasteiger partial charge in [0.2, 0.25) is 0 Å². The number of rotatable bonds is 13. The first-order valence-electron chi connectivity index (χ1n) is 13.2. The van der Waals surface area contributed by atoms with Gasteiger partial charge in [0.1, 0.15) is 6.61 Å². The Bertz CT molecular complexity index is 1500. The van der Waals surface area contributed by atoms with Crippen LogP contribution >= 0.6 is 0 Å². The Morgan fingerprint density at radius 3 is 2.26 bits per heavy atom. The van der Waals surface area contributed by atoms with E-state index in [1.807, 2.05) is 6.07 Å². The average molecular weight is 526 g/mol. The van der Waals surface area contributed by atoms with Gasteiger partial charge >= 0.3 is 5.97 Å². The molecule has 3 aromatic carbocycles. The molecule has 0 unspecified atom stereocenters. The van der Waals surface area contributed by atoms with Gasteiger partial charge in [0.05, 0.1) is 12.3 Å². The lowest BCUT2D eigenvalue weighted by molar-refractivity contribution is -0.141. The van der Waals surface area contributed by atoms with Crippen LogP contribution in [0, 0.1) is 0 Å². The fourth-order valence-electron chi connectivity index (χ4n) is 4.82. The summed E-state index contributed by atoms with van der Waals surface area (Å²) in [5.74, 6) is -1.11. The number of aliphatic carboxylic acids is 1. The molecule has 5 aromatic rings. The van der Waals surface area contributed by atoms with E-state index >= 15 is 0 Å². The van der Waals surface area contributed by atoms with Crippen LogP contribution in [0.15, 0.2) is 89.5 Å². The minimum absolute atomic E-state index is 0.0752. The van der Waals surface area contributed by atoms with Gasteiger partial charge in [-0.05, 0) is 43.5 Å². The van der Waals surface area contributed by atoms with Crippen molar-refractivity contribution in [3.63, 3.8) is 0 Å². The lowest BCUT2D eigenvalue weighted by atomic mass is 10.1. The molecule has 0 aliphatic carbocycles. The number of para-hydroxylation sites is 2. The molecule has 8 heteroatoms. The summed E-state index contributed by atoms with van der Waals surface area (Å²) in [7, 11) is 0. The highest BCUT2D eigenvalue weighted by Gasteiger charge is 2.21. The van der Waals surface area contributed by atoms with Crippen LogP contribution in [0.2, 0.25) is 0 Å². The molecule has 2 N–H and O–H groups in total. The minimum Gasteiger partial charge on any atom is -0.480 e. The van der Waals surface area contributed by atoms with E-state index in [-0.39, 0.29) is 13.2 Å². The third-order valence-electron chi connectivity index (χ3n) is 6.77. The van der Waals surface area contributed by atoms with Crippen molar-refractivity contribution in [3.05, 3.63) is 102 Å². The maximum atomic E-state index is 12.3. The van der Waals surface area contributed by atoms with E-state index in [1.165, 1.54) is 21.8 Å². The molecule has 0 spiro atoms. The first kappa shape index (κ1) is 26.2. The van der Waals surface area contributed by atoms with Crippen LogP contribution in [0.3, 0.4) is 0 Å². The van der Waals surface area contributed by atoms with Crippen molar-refractivity contribution in [1.82, 2.24) is 15.0 Å². The summed E-state index contributed by atoms with van der Waals surface area (Å²) in [5, 5.41) is 18.6. The van der Waals surface area contributed by atoms with Gasteiger partial charge in [-0.25, -0.2) is 4.79 Å². The lowest BCUT2D eigenvalue weighted by Gasteiger charge is -2.14. The summed E-state index contributed by atoms with van der Waals surface area (Å²) in [6, 6.07) is 26.2. The third-order valence-corrected chi connectivity index (χ3v) is 6.77. The number of carbonyl (C=O) groups excluding carboxylic acids is 1. The molecule has 0 saturated carbocycles. The Morgan fingerprint density at radius 1 is 0.897 bits per heavy atom. The van der Waals surface area contributed by atoms with Crippen LogP contribution in [-0.4, -0.2) is 39.4 Å². The molecule has 0 bridgehead atoms. The van der Waals surface area contributed by atoms with Gasteiger partial charge in [-0.3, -0.25) is 4.79 Å². The largest absolute Gasteiger partial charge is 0.480 e. The smallest absolute Gasteiger partial charge is 0.328 e. The summed E-state index contributed by atoms with van der Waals surface area (Å²) in [5.41, 5.74) is 3.77. The van der Waals surface area contributed by atoms with Crippen LogP contribution in [0.4, 0.5) is 0 Å². The van der Waals surface area contributed by atoms with E-state index in [1.54, 1.807) is 30.3 Å². The first-order valence-corrected chi connectivity index (χ1v) is 13.2. The number of fused-ring (bicyclic) bond motifs is 3. The molecule has 39 heavy (non-hydrogen) atoms. The van der Waals surface area contributed by atoms with E-state index in [4.69, 9.17) is 9.26 Å². The third kappa shape index (κ3) is 6.35. The predicted octanol–water partition coefficient (Wildman–Crippen LogP) is 5.60. The first-order chi connectivity index (χ1) is 19.1. The Kier molecular flexibility index (Phi) is 8.33. The zero-order valence-corrected chi connectivity index (χ0v) is 21.6. The molecule has 5 rings (SSSR count). The van der Waals surface area contributed by atoms with Gasteiger partial charge in [0.25, 0.3) is 5.91 Å². The van der Waals surface area contributed by atoms with Gasteiger partial charge in [-0.2, -0.15) is 0 Å².